The number of hydrogen-bond donors (Lipinski definition) is 1. The van der Waals surface area contributed by atoms with Crippen LogP contribution >= 0.6 is 0 Å². The predicted octanol–water partition coefficient (Wildman–Crippen LogP) is 6.11. The van der Waals surface area contributed by atoms with E-state index in [2.05, 4.69) is 21.4 Å². The van der Waals surface area contributed by atoms with Crippen molar-refractivity contribution in [1.29, 1.82) is 0 Å². The molecule has 0 atom stereocenters. The van der Waals surface area contributed by atoms with Crippen LogP contribution in [0.2, 0.25) is 0 Å². The lowest BCUT2D eigenvalue weighted by atomic mass is 9.91. The minimum atomic E-state index is -0.695. The monoisotopic (exact) mass is 572 g/mol. The normalized spacial score (nSPS) is 13.1. The molecule has 0 radical (unpaired) electrons. The largest absolute Gasteiger partial charge is 0.489 e. The summed E-state index contributed by atoms with van der Waals surface area (Å²) >= 11 is 0. The van der Waals surface area contributed by atoms with Crippen molar-refractivity contribution in [2.75, 3.05) is 25.6 Å². The maximum atomic E-state index is 15.2. The standard InChI is InChI=1S/C32H33FN4O5/c1-19-28(21-8-6-5-7-9-21)31(38)29(20(2)37(19)3)32(39)36-22-10-11-26(24(33)16-22)42-27-12-13-34-25-17-23(18-35-30(25)27)41-15-14-40-4/h8,10-13,16-18H,5-7,9,14-15H2,1-4H3,(H,36,39). The van der Waals surface area contributed by atoms with Crippen LogP contribution in [0.25, 0.3) is 16.6 Å². The molecule has 0 fully saturated rings. The molecule has 0 saturated carbocycles. The molecule has 4 aromatic rings. The number of hydrogen-bond acceptors (Lipinski definition) is 7. The Morgan fingerprint density at radius 1 is 1.07 bits per heavy atom. The van der Waals surface area contributed by atoms with Gasteiger partial charge in [-0.3, -0.25) is 14.6 Å². The van der Waals surface area contributed by atoms with Crippen LogP contribution in [0.3, 0.4) is 0 Å². The van der Waals surface area contributed by atoms with E-state index >= 15 is 4.39 Å². The summed E-state index contributed by atoms with van der Waals surface area (Å²) < 4.78 is 33.5. The Bertz CT molecular complexity index is 1750. The van der Waals surface area contributed by atoms with Crippen molar-refractivity contribution in [2.45, 2.75) is 39.5 Å². The van der Waals surface area contributed by atoms with E-state index in [9.17, 15) is 9.59 Å². The van der Waals surface area contributed by atoms with Crippen molar-refractivity contribution in [3.8, 4) is 17.2 Å². The number of rotatable bonds is 9. The third-order valence-electron chi connectivity index (χ3n) is 7.50. The average Bonchev–Trinajstić information content (AvgIpc) is 2.98. The Morgan fingerprint density at radius 2 is 1.90 bits per heavy atom. The van der Waals surface area contributed by atoms with Gasteiger partial charge < -0.3 is 24.1 Å². The van der Waals surface area contributed by atoms with Crippen molar-refractivity contribution < 1.29 is 23.4 Å². The average molecular weight is 573 g/mol. The summed E-state index contributed by atoms with van der Waals surface area (Å²) in [6.45, 7) is 4.43. The van der Waals surface area contributed by atoms with Crippen LogP contribution < -0.4 is 20.2 Å². The summed E-state index contributed by atoms with van der Waals surface area (Å²) in [5, 5.41) is 2.69. The number of pyridine rings is 3. The van der Waals surface area contributed by atoms with E-state index in [1.807, 2.05) is 18.5 Å². The molecule has 1 aliphatic carbocycles. The number of methoxy groups -OCH3 is 1. The third kappa shape index (κ3) is 5.89. The second-order valence-corrected chi connectivity index (χ2v) is 10.2. The lowest BCUT2D eigenvalue weighted by molar-refractivity contribution is 0.102. The zero-order valence-electron chi connectivity index (χ0n) is 24.1. The van der Waals surface area contributed by atoms with Gasteiger partial charge >= 0.3 is 0 Å². The number of benzene rings is 1. The summed E-state index contributed by atoms with van der Waals surface area (Å²) in [6, 6.07) is 7.40. The van der Waals surface area contributed by atoms with Crippen LogP contribution in [0, 0.1) is 19.7 Å². The molecule has 0 saturated heterocycles. The molecule has 1 amide bonds. The summed E-state index contributed by atoms with van der Waals surface area (Å²) in [5.74, 6) is -0.513. The first-order valence-electron chi connectivity index (χ1n) is 13.8. The Labute approximate surface area is 243 Å². The Morgan fingerprint density at radius 3 is 2.64 bits per heavy atom. The second-order valence-electron chi connectivity index (χ2n) is 10.2. The Balaban J connectivity index is 1.37. The third-order valence-corrected chi connectivity index (χ3v) is 7.50. The van der Waals surface area contributed by atoms with Gasteiger partial charge in [-0.2, -0.15) is 0 Å². The number of nitrogens with zero attached hydrogens (tertiary/aromatic N) is 3. The zero-order chi connectivity index (χ0) is 29.8. The van der Waals surface area contributed by atoms with Crippen LogP contribution in [-0.4, -0.2) is 40.8 Å². The van der Waals surface area contributed by atoms with Crippen molar-refractivity contribution in [3.05, 3.63) is 87.4 Å². The molecule has 1 aliphatic rings. The highest BCUT2D eigenvalue weighted by atomic mass is 19.1. The van der Waals surface area contributed by atoms with Crippen LogP contribution in [-0.2, 0) is 11.8 Å². The molecule has 0 bridgehead atoms. The highest BCUT2D eigenvalue weighted by Gasteiger charge is 2.24. The minimum absolute atomic E-state index is 0.0465. The SMILES string of the molecule is COCCOc1cnc2c(Oc3ccc(NC(=O)c4c(C)n(C)c(C)c(C5=CCCCC5)c4=O)cc3F)ccnc2c1. The van der Waals surface area contributed by atoms with Crippen molar-refractivity contribution in [1.82, 2.24) is 14.5 Å². The van der Waals surface area contributed by atoms with Gasteiger partial charge in [-0.1, -0.05) is 6.08 Å². The maximum absolute atomic E-state index is 15.2. The lowest BCUT2D eigenvalue weighted by Crippen LogP contribution is -2.29. The van der Waals surface area contributed by atoms with Crippen LogP contribution in [0.5, 0.6) is 17.2 Å². The quantitative estimate of drug-likeness (QED) is 0.241. The number of amides is 1. The smallest absolute Gasteiger partial charge is 0.261 e. The fourth-order valence-electron chi connectivity index (χ4n) is 5.12. The van der Waals surface area contributed by atoms with Gasteiger partial charge in [0.05, 0.1) is 18.3 Å². The molecule has 3 heterocycles. The van der Waals surface area contributed by atoms with Gasteiger partial charge in [-0.15, -0.1) is 0 Å². The lowest BCUT2D eigenvalue weighted by Gasteiger charge is -2.20. The van der Waals surface area contributed by atoms with Gasteiger partial charge in [0.2, 0.25) is 5.43 Å². The molecule has 3 aromatic heterocycles. The fourth-order valence-corrected chi connectivity index (χ4v) is 5.12. The highest BCUT2D eigenvalue weighted by Crippen LogP contribution is 2.32. The number of ether oxygens (including phenoxy) is 3. The van der Waals surface area contributed by atoms with E-state index in [1.165, 1.54) is 24.5 Å². The van der Waals surface area contributed by atoms with E-state index in [0.29, 0.717) is 47.0 Å². The number of fused-ring (bicyclic) bond motifs is 1. The van der Waals surface area contributed by atoms with Crippen molar-refractivity contribution >= 4 is 28.2 Å². The summed E-state index contributed by atoms with van der Waals surface area (Å²) in [6.07, 6.45) is 8.98. The molecule has 10 heteroatoms. The number of carbonyl (C=O) groups excluding carboxylic acids is 1. The van der Waals surface area contributed by atoms with Gasteiger partial charge in [-0.25, -0.2) is 9.37 Å². The Hall–Kier alpha value is -4.57. The molecule has 1 aromatic carbocycles. The highest BCUT2D eigenvalue weighted by molar-refractivity contribution is 6.05. The van der Waals surface area contributed by atoms with Gasteiger partial charge in [-0.05, 0) is 57.2 Å². The second kappa shape index (κ2) is 12.5. The molecule has 0 unspecified atom stereocenters. The number of aromatic nitrogens is 3. The molecule has 42 heavy (non-hydrogen) atoms. The molecule has 5 rings (SSSR count). The van der Waals surface area contributed by atoms with E-state index in [4.69, 9.17) is 14.2 Å². The van der Waals surface area contributed by atoms with Crippen LogP contribution in [0.1, 0.15) is 53.0 Å². The van der Waals surface area contributed by atoms with E-state index in [-0.39, 0.29) is 22.4 Å². The molecule has 9 nitrogen and oxygen atoms in total. The summed E-state index contributed by atoms with van der Waals surface area (Å²) in [5.41, 5.74) is 3.81. The first kappa shape index (κ1) is 28.9. The molecule has 1 N–H and O–H groups in total. The molecule has 218 valence electrons. The molecule has 0 spiro atoms. The predicted molar refractivity (Wildman–Crippen MR) is 159 cm³/mol. The van der Waals surface area contributed by atoms with Crippen LogP contribution in [0.4, 0.5) is 10.1 Å². The van der Waals surface area contributed by atoms with Crippen molar-refractivity contribution in [2.24, 2.45) is 7.05 Å². The number of allylic oxidation sites excluding steroid dienone is 2. The number of anilines is 1. The molecule has 0 aliphatic heterocycles. The molecular formula is C32H33FN4O5. The minimum Gasteiger partial charge on any atom is -0.489 e. The number of halogens is 1. The summed E-state index contributed by atoms with van der Waals surface area (Å²) in [7, 11) is 3.43. The van der Waals surface area contributed by atoms with Gasteiger partial charge in [0, 0.05) is 61.2 Å². The topological polar surface area (TPSA) is 105 Å². The zero-order valence-corrected chi connectivity index (χ0v) is 24.1. The van der Waals surface area contributed by atoms with E-state index in [0.717, 1.165) is 43.0 Å². The maximum Gasteiger partial charge on any atom is 0.261 e. The van der Waals surface area contributed by atoms with Crippen molar-refractivity contribution in [3.63, 3.8) is 0 Å². The van der Waals surface area contributed by atoms with Crippen LogP contribution in [0.15, 0.2) is 53.6 Å². The first-order valence-corrected chi connectivity index (χ1v) is 13.8. The fraction of sp³-hybridized carbons (Fsp3) is 0.312. The van der Waals surface area contributed by atoms with Gasteiger partial charge in [0.25, 0.3) is 5.91 Å². The molecular weight excluding hydrogens is 539 g/mol. The van der Waals surface area contributed by atoms with Gasteiger partial charge in [0.15, 0.2) is 17.3 Å². The van der Waals surface area contributed by atoms with E-state index < -0.39 is 11.7 Å². The van der Waals surface area contributed by atoms with Gasteiger partial charge in [0.1, 0.15) is 23.4 Å². The Kier molecular flexibility index (Phi) is 8.63. The number of carbonyl (C=O) groups is 1. The first-order chi connectivity index (χ1) is 20.3. The summed E-state index contributed by atoms with van der Waals surface area (Å²) in [4.78, 5) is 35.6. The number of nitrogens with one attached hydrogen (secondary N) is 1. The van der Waals surface area contributed by atoms with E-state index in [1.54, 1.807) is 26.2 Å².